The van der Waals surface area contributed by atoms with E-state index < -0.39 is 0 Å². The van der Waals surface area contributed by atoms with Crippen molar-refractivity contribution in [1.82, 2.24) is 0 Å². The van der Waals surface area contributed by atoms with Crippen LogP contribution in [-0.4, -0.2) is 6.61 Å². The van der Waals surface area contributed by atoms with E-state index in [2.05, 4.69) is 26.8 Å². The van der Waals surface area contributed by atoms with E-state index in [1.54, 1.807) is 0 Å². The van der Waals surface area contributed by atoms with Crippen molar-refractivity contribution >= 4 is 11.0 Å². The lowest BCUT2D eigenvalue weighted by Crippen LogP contribution is -2.01. The Kier molecular flexibility index (Phi) is 4.48. The minimum Gasteiger partial charge on any atom is -0.490 e. The molecule has 3 heteroatoms. The zero-order chi connectivity index (χ0) is 13.8. The van der Waals surface area contributed by atoms with Gasteiger partial charge in [0.15, 0.2) is 11.3 Å². The van der Waals surface area contributed by atoms with E-state index in [1.807, 2.05) is 12.1 Å². The van der Waals surface area contributed by atoms with Crippen LogP contribution in [-0.2, 0) is 13.0 Å². The number of para-hydroxylation sites is 1. The van der Waals surface area contributed by atoms with Gasteiger partial charge in [-0.25, -0.2) is 0 Å². The summed E-state index contributed by atoms with van der Waals surface area (Å²) in [7, 11) is 0. The average Bonchev–Trinajstić information content (AvgIpc) is 2.74. The van der Waals surface area contributed by atoms with Gasteiger partial charge in [0.25, 0.3) is 0 Å². The van der Waals surface area contributed by atoms with Crippen molar-refractivity contribution in [2.24, 2.45) is 11.7 Å². The second kappa shape index (κ2) is 6.11. The highest BCUT2D eigenvalue weighted by Crippen LogP contribution is 2.34. The third-order valence-electron chi connectivity index (χ3n) is 3.13. The van der Waals surface area contributed by atoms with E-state index in [-0.39, 0.29) is 0 Å². The van der Waals surface area contributed by atoms with Gasteiger partial charge in [-0.2, -0.15) is 0 Å². The summed E-state index contributed by atoms with van der Waals surface area (Å²) in [6.45, 7) is 7.64. The van der Waals surface area contributed by atoms with Crippen LogP contribution >= 0.6 is 0 Å². The van der Waals surface area contributed by atoms with Crippen molar-refractivity contribution < 1.29 is 9.15 Å². The van der Waals surface area contributed by atoms with Crippen LogP contribution in [0.15, 0.2) is 22.6 Å². The van der Waals surface area contributed by atoms with Gasteiger partial charge in [-0.05, 0) is 24.8 Å². The Labute approximate surface area is 114 Å². The van der Waals surface area contributed by atoms with Gasteiger partial charge < -0.3 is 14.9 Å². The van der Waals surface area contributed by atoms with Gasteiger partial charge in [-0.1, -0.05) is 32.9 Å². The molecule has 2 rings (SSSR count). The highest BCUT2D eigenvalue weighted by atomic mass is 16.5. The first-order valence-electron chi connectivity index (χ1n) is 7.03. The van der Waals surface area contributed by atoms with Crippen molar-refractivity contribution in [2.75, 3.05) is 6.61 Å². The molecule has 2 aromatic rings. The number of hydrogen-bond donors (Lipinski definition) is 1. The number of nitrogens with two attached hydrogens (primary N) is 1. The molecule has 0 saturated carbocycles. The van der Waals surface area contributed by atoms with Crippen LogP contribution in [0.4, 0.5) is 0 Å². The molecule has 0 aliphatic carbocycles. The lowest BCUT2D eigenvalue weighted by atomic mass is 10.00. The molecular weight excluding hydrogens is 238 g/mol. The van der Waals surface area contributed by atoms with Crippen LogP contribution in [0.1, 0.15) is 38.5 Å². The molecule has 1 heterocycles. The second-order valence-electron chi connectivity index (χ2n) is 5.29. The van der Waals surface area contributed by atoms with Crippen molar-refractivity contribution in [1.29, 1.82) is 0 Å². The van der Waals surface area contributed by atoms with Gasteiger partial charge in [0.1, 0.15) is 5.76 Å². The Morgan fingerprint density at radius 2 is 2.11 bits per heavy atom. The van der Waals surface area contributed by atoms with Crippen LogP contribution in [0.5, 0.6) is 5.75 Å². The van der Waals surface area contributed by atoms with E-state index in [9.17, 15) is 0 Å². The van der Waals surface area contributed by atoms with Gasteiger partial charge in [0.05, 0.1) is 13.2 Å². The van der Waals surface area contributed by atoms with E-state index in [1.165, 1.54) is 5.56 Å². The minimum atomic E-state index is 0.434. The summed E-state index contributed by atoms with van der Waals surface area (Å²) in [5.41, 5.74) is 7.88. The molecule has 1 aromatic carbocycles. The maximum atomic E-state index is 5.93. The number of benzene rings is 1. The Hall–Kier alpha value is -1.48. The molecule has 0 atom stereocenters. The standard InChI is InChI=1S/C16H23NO2/c1-4-8-18-14-7-5-6-12-13(9-11(2)3)15(10-17)19-16(12)14/h5-7,11H,4,8-10,17H2,1-3H3. The molecule has 0 aliphatic rings. The van der Waals surface area contributed by atoms with Crippen molar-refractivity contribution in [2.45, 2.75) is 40.2 Å². The molecular formula is C16H23NO2. The molecule has 2 N–H and O–H groups in total. The summed E-state index contributed by atoms with van der Waals surface area (Å²) in [5.74, 6) is 2.28. The van der Waals surface area contributed by atoms with Crippen molar-refractivity contribution in [3.05, 3.63) is 29.5 Å². The predicted octanol–water partition coefficient (Wildman–Crippen LogP) is 3.88. The SMILES string of the molecule is CCCOc1cccc2c(CC(C)C)c(CN)oc12. The smallest absolute Gasteiger partial charge is 0.176 e. The first-order chi connectivity index (χ1) is 9.17. The summed E-state index contributed by atoms with van der Waals surface area (Å²) < 4.78 is 11.7. The molecule has 104 valence electrons. The third-order valence-corrected chi connectivity index (χ3v) is 3.13. The minimum absolute atomic E-state index is 0.434. The first kappa shape index (κ1) is 13.9. The molecule has 0 fully saturated rings. The van der Waals surface area contributed by atoms with Gasteiger partial charge in [0, 0.05) is 10.9 Å². The normalized spacial score (nSPS) is 11.4. The summed E-state index contributed by atoms with van der Waals surface area (Å²) >= 11 is 0. The summed E-state index contributed by atoms with van der Waals surface area (Å²) in [6, 6.07) is 6.07. The molecule has 0 bridgehead atoms. The van der Waals surface area contributed by atoms with E-state index in [0.717, 1.165) is 35.3 Å². The van der Waals surface area contributed by atoms with Gasteiger partial charge in [0.2, 0.25) is 0 Å². The Balaban J connectivity index is 2.49. The van der Waals surface area contributed by atoms with E-state index in [4.69, 9.17) is 14.9 Å². The van der Waals surface area contributed by atoms with Crippen molar-refractivity contribution in [3.63, 3.8) is 0 Å². The number of rotatable bonds is 6. The summed E-state index contributed by atoms with van der Waals surface area (Å²) in [6.07, 6.45) is 1.97. The van der Waals surface area contributed by atoms with Crippen LogP contribution in [0, 0.1) is 5.92 Å². The maximum Gasteiger partial charge on any atom is 0.176 e. The zero-order valence-corrected chi connectivity index (χ0v) is 12.0. The third kappa shape index (κ3) is 2.92. The monoisotopic (exact) mass is 261 g/mol. The highest BCUT2D eigenvalue weighted by Gasteiger charge is 2.17. The second-order valence-corrected chi connectivity index (χ2v) is 5.29. The first-order valence-corrected chi connectivity index (χ1v) is 7.03. The average molecular weight is 261 g/mol. The summed E-state index contributed by atoms with van der Waals surface area (Å²) in [4.78, 5) is 0. The molecule has 19 heavy (non-hydrogen) atoms. The van der Waals surface area contributed by atoms with E-state index in [0.29, 0.717) is 19.1 Å². The van der Waals surface area contributed by atoms with Crippen LogP contribution in [0.3, 0.4) is 0 Å². The quantitative estimate of drug-likeness (QED) is 0.858. The van der Waals surface area contributed by atoms with E-state index >= 15 is 0 Å². The molecule has 0 radical (unpaired) electrons. The molecule has 1 aromatic heterocycles. The largest absolute Gasteiger partial charge is 0.490 e. The molecule has 0 saturated heterocycles. The Bertz CT molecular complexity index is 543. The fourth-order valence-corrected chi connectivity index (χ4v) is 2.32. The zero-order valence-electron chi connectivity index (χ0n) is 12.0. The number of ether oxygens (including phenoxy) is 1. The van der Waals surface area contributed by atoms with Gasteiger partial charge in [-0.3, -0.25) is 0 Å². The predicted molar refractivity (Wildman–Crippen MR) is 78.4 cm³/mol. The lowest BCUT2D eigenvalue weighted by Gasteiger charge is -2.06. The van der Waals surface area contributed by atoms with Crippen LogP contribution in [0.2, 0.25) is 0 Å². The number of fused-ring (bicyclic) bond motifs is 1. The lowest BCUT2D eigenvalue weighted by molar-refractivity contribution is 0.315. The van der Waals surface area contributed by atoms with Gasteiger partial charge >= 0.3 is 0 Å². The molecule has 0 aliphatic heterocycles. The maximum absolute atomic E-state index is 5.93. The topological polar surface area (TPSA) is 48.4 Å². The highest BCUT2D eigenvalue weighted by molar-refractivity contribution is 5.87. The molecule has 0 spiro atoms. The molecule has 0 unspecified atom stereocenters. The van der Waals surface area contributed by atoms with Crippen LogP contribution in [0.25, 0.3) is 11.0 Å². The Morgan fingerprint density at radius 1 is 1.32 bits per heavy atom. The van der Waals surface area contributed by atoms with Gasteiger partial charge in [-0.15, -0.1) is 0 Å². The Morgan fingerprint density at radius 3 is 2.74 bits per heavy atom. The fourth-order valence-electron chi connectivity index (χ4n) is 2.32. The molecule has 0 amide bonds. The van der Waals surface area contributed by atoms with Crippen LogP contribution < -0.4 is 10.5 Å². The van der Waals surface area contributed by atoms with Crippen molar-refractivity contribution in [3.8, 4) is 5.75 Å². The fraction of sp³-hybridized carbons (Fsp3) is 0.500. The number of hydrogen-bond acceptors (Lipinski definition) is 3. The molecule has 3 nitrogen and oxygen atoms in total. The number of furan rings is 1. The summed E-state index contributed by atoms with van der Waals surface area (Å²) in [5, 5.41) is 1.14.